The first-order chi connectivity index (χ1) is 17.5. The summed E-state index contributed by atoms with van der Waals surface area (Å²) in [7, 11) is 1.51. The SMILES string of the molecule is COc1cc(C=Nc2sc3c(c2C(=O)Nc2ccccc2)CCCCCC3)cc(I)c1OCC(=O)O. The van der Waals surface area contributed by atoms with Gasteiger partial charge < -0.3 is 19.9 Å². The third-order valence-electron chi connectivity index (χ3n) is 5.83. The smallest absolute Gasteiger partial charge is 0.341 e. The van der Waals surface area contributed by atoms with Crippen molar-refractivity contribution in [3.8, 4) is 11.5 Å². The largest absolute Gasteiger partial charge is 0.493 e. The molecular formula is C27H27IN2O5S. The maximum atomic E-state index is 13.4. The molecule has 1 aliphatic rings. The lowest BCUT2D eigenvalue weighted by atomic mass is 9.96. The van der Waals surface area contributed by atoms with Crippen molar-refractivity contribution in [3.05, 3.63) is 67.6 Å². The van der Waals surface area contributed by atoms with Crippen LogP contribution in [0.25, 0.3) is 0 Å². The van der Waals surface area contributed by atoms with Gasteiger partial charge >= 0.3 is 5.97 Å². The monoisotopic (exact) mass is 618 g/mol. The van der Waals surface area contributed by atoms with E-state index in [9.17, 15) is 9.59 Å². The molecule has 1 heterocycles. The Morgan fingerprint density at radius 1 is 1.14 bits per heavy atom. The van der Waals surface area contributed by atoms with Crippen LogP contribution < -0.4 is 14.8 Å². The number of aryl methyl sites for hydroxylation is 1. The average molecular weight is 618 g/mol. The Balaban J connectivity index is 1.68. The maximum absolute atomic E-state index is 13.4. The Kier molecular flexibility index (Phi) is 8.98. The third kappa shape index (κ3) is 6.44. The summed E-state index contributed by atoms with van der Waals surface area (Å²) in [6, 6.07) is 13.0. The second kappa shape index (κ2) is 12.4. The fourth-order valence-corrected chi connectivity index (χ4v) is 6.18. The van der Waals surface area contributed by atoms with E-state index in [4.69, 9.17) is 19.6 Å². The van der Waals surface area contributed by atoms with Crippen molar-refractivity contribution in [2.24, 2.45) is 4.99 Å². The number of fused-ring (bicyclic) bond motifs is 1. The number of nitrogens with zero attached hydrogens (tertiary/aromatic N) is 1. The van der Waals surface area contributed by atoms with Crippen LogP contribution in [0.2, 0.25) is 0 Å². The number of rotatable bonds is 8. The highest BCUT2D eigenvalue weighted by Gasteiger charge is 2.24. The first-order valence-corrected chi connectivity index (χ1v) is 13.6. The quantitative estimate of drug-likeness (QED) is 0.222. The number of methoxy groups -OCH3 is 1. The second-order valence-corrected chi connectivity index (χ2v) is 10.6. The van der Waals surface area contributed by atoms with Crippen molar-refractivity contribution in [1.29, 1.82) is 0 Å². The predicted molar refractivity (Wildman–Crippen MR) is 151 cm³/mol. The number of aliphatic imine (C=N–C) groups is 1. The molecule has 0 saturated carbocycles. The molecule has 0 fully saturated rings. The molecule has 1 aromatic heterocycles. The number of benzene rings is 2. The lowest BCUT2D eigenvalue weighted by Gasteiger charge is -2.12. The minimum absolute atomic E-state index is 0.143. The first-order valence-electron chi connectivity index (χ1n) is 11.7. The van der Waals surface area contributed by atoms with Crippen molar-refractivity contribution < 1.29 is 24.2 Å². The lowest BCUT2D eigenvalue weighted by Crippen LogP contribution is -2.14. The van der Waals surface area contributed by atoms with Crippen LogP contribution in [0.1, 0.15) is 52.0 Å². The minimum atomic E-state index is -1.06. The van der Waals surface area contributed by atoms with Crippen LogP contribution in [0.3, 0.4) is 0 Å². The summed E-state index contributed by atoms with van der Waals surface area (Å²) in [4.78, 5) is 30.4. The molecule has 9 heteroatoms. The molecule has 1 aliphatic carbocycles. The molecular weight excluding hydrogens is 591 g/mol. The van der Waals surface area contributed by atoms with Gasteiger partial charge in [0, 0.05) is 16.8 Å². The molecule has 36 heavy (non-hydrogen) atoms. The van der Waals surface area contributed by atoms with Gasteiger partial charge in [-0.05, 0) is 83.7 Å². The number of hydrogen-bond acceptors (Lipinski definition) is 6. The van der Waals surface area contributed by atoms with Crippen LogP contribution in [0.4, 0.5) is 10.7 Å². The molecule has 0 atom stereocenters. The number of ether oxygens (including phenoxy) is 2. The Morgan fingerprint density at radius 2 is 1.89 bits per heavy atom. The number of amides is 1. The number of hydrogen-bond donors (Lipinski definition) is 2. The maximum Gasteiger partial charge on any atom is 0.341 e. The molecule has 0 spiro atoms. The predicted octanol–water partition coefficient (Wildman–Crippen LogP) is 6.49. The van der Waals surface area contributed by atoms with E-state index in [0.717, 1.165) is 42.5 Å². The van der Waals surface area contributed by atoms with Crippen LogP contribution in [0.15, 0.2) is 47.5 Å². The van der Waals surface area contributed by atoms with Gasteiger partial charge in [-0.3, -0.25) is 4.79 Å². The molecule has 0 unspecified atom stereocenters. The molecule has 4 rings (SSSR count). The van der Waals surface area contributed by atoms with E-state index in [2.05, 4.69) is 27.9 Å². The number of carbonyl (C=O) groups excluding carboxylic acids is 1. The molecule has 0 saturated heterocycles. The summed E-state index contributed by atoms with van der Waals surface area (Å²) in [6.45, 7) is -0.458. The standard InChI is InChI=1S/C27H27IN2O5S/c1-34-21-14-17(13-20(28)25(21)35-16-23(31)32)15-29-27-24(26(33)30-18-9-5-4-6-10-18)19-11-7-2-3-8-12-22(19)36-27/h4-6,9-10,13-15H,2-3,7-8,11-12,16H2,1H3,(H,30,33)(H,31,32). The zero-order valence-electron chi connectivity index (χ0n) is 19.9. The zero-order valence-corrected chi connectivity index (χ0v) is 22.9. The third-order valence-corrected chi connectivity index (χ3v) is 7.84. The highest BCUT2D eigenvalue weighted by molar-refractivity contribution is 14.1. The molecule has 188 valence electrons. The summed E-state index contributed by atoms with van der Waals surface area (Å²) in [5.41, 5.74) is 3.28. The number of aliphatic carboxylic acids is 1. The van der Waals surface area contributed by atoms with Gasteiger partial charge in [0.2, 0.25) is 0 Å². The van der Waals surface area contributed by atoms with Gasteiger partial charge in [0.1, 0.15) is 5.00 Å². The van der Waals surface area contributed by atoms with Crippen LogP contribution >= 0.6 is 33.9 Å². The fourth-order valence-electron chi connectivity index (χ4n) is 4.17. The summed E-state index contributed by atoms with van der Waals surface area (Å²) in [5.74, 6) is -0.408. The van der Waals surface area contributed by atoms with Gasteiger partial charge in [-0.25, -0.2) is 9.79 Å². The number of halogens is 1. The summed E-state index contributed by atoms with van der Waals surface area (Å²) in [6.07, 6.45) is 8.10. The summed E-state index contributed by atoms with van der Waals surface area (Å²) in [5, 5.41) is 12.7. The number of para-hydroxylation sites is 1. The van der Waals surface area contributed by atoms with Crippen molar-refractivity contribution in [2.45, 2.75) is 38.5 Å². The first kappa shape index (κ1) is 26.2. The van der Waals surface area contributed by atoms with Gasteiger partial charge in [-0.15, -0.1) is 11.3 Å². The van der Waals surface area contributed by atoms with E-state index in [-0.39, 0.29) is 5.91 Å². The number of carbonyl (C=O) groups is 2. The molecule has 7 nitrogen and oxygen atoms in total. The van der Waals surface area contributed by atoms with Crippen molar-refractivity contribution in [2.75, 3.05) is 19.0 Å². The van der Waals surface area contributed by atoms with Gasteiger partial charge in [0.15, 0.2) is 18.1 Å². The highest BCUT2D eigenvalue weighted by Crippen LogP contribution is 2.40. The number of thiophene rings is 1. The normalized spacial score (nSPS) is 13.5. The fraction of sp³-hybridized carbons (Fsp3) is 0.296. The zero-order chi connectivity index (χ0) is 25.5. The van der Waals surface area contributed by atoms with E-state index >= 15 is 0 Å². The second-order valence-electron chi connectivity index (χ2n) is 8.39. The Labute approximate surface area is 227 Å². The minimum Gasteiger partial charge on any atom is -0.493 e. The summed E-state index contributed by atoms with van der Waals surface area (Å²) >= 11 is 3.67. The van der Waals surface area contributed by atoms with E-state index in [1.165, 1.54) is 24.8 Å². The van der Waals surface area contributed by atoms with Crippen LogP contribution in [-0.2, 0) is 17.6 Å². The Hall–Kier alpha value is -2.92. The van der Waals surface area contributed by atoms with Crippen molar-refractivity contribution >= 4 is 62.7 Å². The molecule has 3 aromatic rings. The van der Waals surface area contributed by atoms with Crippen LogP contribution in [0, 0.1) is 3.57 Å². The molecule has 0 bridgehead atoms. The van der Waals surface area contributed by atoms with E-state index in [1.807, 2.05) is 36.4 Å². The number of anilines is 1. The molecule has 0 aliphatic heterocycles. The Morgan fingerprint density at radius 3 is 2.61 bits per heavy atom. The molecule has 2 N–H and O–H groups in total. The number of carboxylic acid groups (broad SMARTS) is 1. The molecule has 2 aromatic carbocycles. The Bertz CT molecular complexity index is 1270. The topological polar surface area (TPSA) is 97.2 Å². The van der Waals surface area contributed by atoms with Gasteiger partial charge in [-0.2, -0.15) is 0 Å². The lowest BCUT2D eigenvalue weighted by molar-refractivity contribution is -0.139. The van der Waals surface area contributed by atoms with E-state index in [1.54, 1.807) is 23.6 Å². The van der Waals surface area contributed by atoms with Crippen LogP contribution in [0.5, 0.6) is 11.5 Å². The van der Waals surface area contributed by atoms with E-state index in [0.29, 0.717) is 25.6 Å². The average Bonchev–Trinajstić information content (AvgIpc) is 3.18. The molecule has 0 radical (unpaired) electrons. The number of carboxylic acids is 1. The highest BCUT2D eigenvalue weighted by atomic mass is 127. The van der Waals surface area contributed by atoms with Gasteiger partial charge in [-0.1, -0.05) is 31.0 Å². The molecule has 1 amide bonds. The van der Waals surface area contributed by atoms with Crippen molar-refractivity contribution in [1.82, 2.24) is 0 Å². The van der Waals surface area contributed by atoms with Gasteiger partial charge in [0.25, 0.3) is 5.91 Å². The van der Waals surface area contributed by atoms with E-state index < -0.39 is 12.6 Å². The number of nitrogens with one attached hydrogen (secondary N) is 1. The van der Waals surface area contributed by atoms with Gasteiger partial charge in [0.05, 0.1) is 16.2 Å². The van der Waals surface area contributed by atoms with Crippen molar-refractivity contribution in [3.63, 3.8) is 0 Å². The summed E-state index contributed by atoms with van der Waals surface area (Å²) < 4.78 is 11.5. The van der Waals surface area contributed by atoms with Crippen LogP contribution in [-0.4, -0.2) is 36.9 Å².